The van der Waals surface area contributed by atoms with Crippen molar-refractivity contribution in [3.8, 4) is 11.5 Å². The van der Waals surface area contributed by atoms with Gasteiger partial charge in [-0.25, -0.2) is 4.98 Å². The van der Waals surface area contributed by atoms with E-state index in [9.17, 15) is 4.79 Å². The summed E-state index contributed by atoms with van der Waals surface area (Å²) in [5, 5.41) is 17.3. The second-order valence-corrected chi connectivity index (χ2v) is 6.43. The number of rotatable bonds is 9. The summed E-state index contributed by atoms with van der Waals surface area (Å²) in [5.74, 6) is 2.80. The summed E-state index contributed by atoms with van der Waals surface area (Å²) in [6, 6.07) is 12.5. The SMILES string of the molecule is COc1cc(OC)cc(C(=O)NCCNc2ccc(Nc3ccc(C)cn3)nn2)c1. The van der Waals surface area contributed by atoms with Gasteiger partial charge in [-0.2, -0.15) is 0 Å². The first-order chi connectivity index (χ1) is 14.6. The Hall–Kier alpha value is -3.88. The smallest absolute Gasteiger partial charge is 0.251 e. The van der Waals surface area contributed by atoms with Gasteiger partial charge in [0, 0.05) is 30.9 Å². The molecule has 0 spiro atoms. The largest absolute Gasteiger partial charge is 0.497 e. The molecule has 2 heterocycles. The van der Waals surface area contributed by atoms with Crippen molar-refractivity contribution >= 4 is 23.4 Å². The number of amides is 1. The molecule has 3 aromatic rings. The second-order valence-electron chi connectivity index (χ2n) is 6.43. The average molecular weight is 408 g/mol. The minimum Gasteiger partial charge on any atom is -0.497 e. The molecule has 1 aromatic carbocycles. The van der Waals surface area contributed by atoms with Crippen LogP contribution >= 0.6 is 0 Å². The van der Waals surface area contributed by atoms with E-state index in [-0.39, 0.29) is 5.91 Å². The molecule has 156 valence electrons. The lowest BCUT2D eigenvalue weighted by Crippen LogP contribution is -2.29. The van der Waals surface area contributed by atoms with E-state index in [1.807, 2.05) is 19.1 Å². The molecule has 0 unspecified atom stereocenters. The predicted octanol–water partition coefficient (Wildman–Crippen LogP) is 2.78. The summed E-state index contributed by atoms with van der Waals surface area (Å²) in [6.07, 6.45) is 1.78. The number of anilines is 3. The van der Waals surface area contributed by atoms with Crippen LogP contribution in [0.2, 0.25) is 0 Å². The molecule has 0 aliphatic carbocycles. The van der Waals surface area contributed by atoms with Gasteiger partial charge in [-0.15, -0.1) is 10.2 Å². The van der Waals surface area contributed by atoms with Crippen LogP contribution in [0.1, 0.15) is 15.9 Å². The third kappa shape index (κ3) is 5.81. The van der Waals surface area contributed by atoms with Crippen LogP contribution in [-0.4, -0.2) is 48.4 Å². The molecule has 9 nitrogen and oxygen atoms in total. The Morgan fingerprint density at radius 3 is 2.17 bits per heavy atom. The third-order valence-electron chi connectivity index (χ3n) is 4.16. The van der Waals surface area contributed by atoms with Gasteiger partial charge in [0.1, 0.15) is 23.1 Å². The molecular formula is C21H24N6O3. The van der Waals surface area contributed by atoms with Crippen molar-refractivity contribution < 1.29 is 14.3 Å². The number of pyridine rings is 1. The molecule has 0 radical (unpaired) electrons. The van der Waals surface area contributed by atoms with Crippen LogP contribution in [0.3, 0.4) is 0 Å². The second kappa shape index (κ2) is 10.1. The van der Waals surface area contributed by atoms with Crippen LogP contribution in [0.4, 0.5) is 17.5 Å². The number of carbonyl (C=O) groups is 1. The maximum Gasteiger partial charge on any atom is 0.251 e. The van der Waals surface area contributed by atoms with E-state index in [0.29, 0.717) is 47.6 Å². The van der Waals surface area contributed by atoms with Crippen LogP contribution in [0, 0.1) is 6.92 Å². The standard InChI is InChI=1S/C21H24N6O3/c1-14-4-5-18(24-13-14)25-20-7-6-19(26-27-20)22-8-9-23-21(28)15-10-16(29-2)12-17(11-15)30-3/h4-7,10-13H,8-9H2,1-3H3,(H,22,26)(H,23,28)(H,24,25,27). The van der Waals surface area contributed by atoms with E-state index in [1.165, 1.54) is 0 Å². The van der Waals surface area contributed by atoms with Gasteiger partial charge in [0.25, 0.3) is 5.91 Å². The van der Waals surface area contributed by atoms with Crippen molar-refractivity contribution in [3.05, 3.63) is 59.8 Å². The molecule has 0 aliphatic heterocycles. The highest BCUT2D eigenvalue weighted by Gasteiger charge is 2.09. The van der Waals surface area contributed by atoms with Crippen molar-refractivity contribution in [2.75, 3.05) is 37.9 Å². The molecular weight excluding hydrogens is 384 g/mol. The Morgan fingerprint density at radius 2 is 1.57 bits per heavy atom. The summed E-state index contributed by atoms with van der Waals surface area (Å²) in [6.45, 7) is 2.88. The molecule has 0 saturated carbocycles. The number of carbonyl (C=O) groups excluding carboxylic acids is 1. The number of aryl methyl sites for hydroxylation is 1. The first-order valence-corrected chi connectivity index (χ1v) is 9.36. The Bertz CT molecular complexity index is 955. The van der Waals surface area contributed by atoms with Crippen molar-refractivity contribution in [1.29, 1.82) is 0 Å². The first kappa shape index (κ1) is 20.8. The lowest BCUT2D eigenvalue weighted by Gasteiger charge is -2.10. The lowest BCUT2D eigenvalue weighted by atomic mass is 10.2. The predicted molar refractivity (Wildman–Crippen MR) is 115 cm³/mol. The van der Waals surface area contributed by atoms with Crippen molar-refractivity contribution in [3.63, 3.8) is 0 Å². The monoisotopic (exact) mass is 408 g/mol. The summed E-state index contributed by atoms with van der Waals surface area (Å²) < 4.78 is 10.4. The molecule has 0 bridgehead atoms. The van der Waals surface area contributed by atoms with E-state index in [1.54, 1.807) is 50.7 Å². The summed E-state index contributed by atoms with van der Waals surface area (Å²) >= 11 is 0. The summed E-state index contributed by atoms with van der Waals surface area (Å²) in [4.78, 5) is 16.6. The van der Waals surface area contributed by atoms with Gasteiger partial charge in [0.05, 0.1) is 14.2 Å². The van der Waals surface area contributed by atoms with E-state index >= 15 is 0 Å². The number of benzene rings is 1. The Kier molecular flexibility index (Phi) is 6.99. The van der Waals surface area contributed by atoms with Crippen LogP contribution in [-0.2, 0) is 0 Å². The third-order valence-corrected chi connectivity index (χ3v) is 4.16. The Morgan fingerprint density at radius 1 is 0.900 bits per heavy atom. The van der Waals surface area contributed by atoms with Crippen LogP contribution < -0.4 is 25.4 Å². The van der Waals surface area contributed by atoms with Crippen LogP contribution in [0.5, 0.6) is 11.5 Å². The molecule has 2 aromatic heterocycles. The minimum absolute atomic E-state index is 0.217. The molecule has 3 rings (SSSR count). The highest BCUT2D eigenvalue weighted by Crippen LogP contribution is 2.22. The molecule has 30 heavy (non-hydrogen) atoms. The summed E-state index contributed by atoms with van der Waals surface area (Å²) in [5.41, 5.74) is 1.55. The van der Waals surface area contributed by atoms with E-state index in [2.05, 4.69) is 31.1 Å². The fourth-order valence-corrected chi connectivity index (χ4v) is 2.57. The molecule has 0 aliphatic rings. The lowest BCUT2D eigenvalue weighted by molar-refractivity contribution is 0.0954. The van der Waals surface area contributed by atoms with Gasteiger partial charge >= 0.3 is 0 Å². The topological polar surface area (TPSA) is 110 Å². The van der Waals surface area contributed by atoms with Gasteiger partial charge < -0.3 is 25.4 Å². The Balaban J connectivity index is 1.46. The highest BCUT2D eigenvalue weighted by atomic mass is 16.5. The zero-order chi connectivity index (χ0) is 21.3. The quantitative estimate of drug-likeness (QED) is 0.464. The van der Waals surface area contributed by atoms with Gasteiger partial charge in [0.15, 0.2) is 5.82 Å². The summed E-state index contributed by atoms with van der Waals surface area (Å²) in [7, 11) is 3.08. The molecule has 0 fully saturated rings. The number of methoxy groups -OCH3 is 2. The van der Waals surface area contributed by atoms with Crippen molar-refractivity contribution in [1.82, 2.24) is 20.5 Å². The molecule has 9 heteroatoms. The number of aromatic nitrogens is 3. The highest BCUT2D eigenvalue weighted by molar-refractivity contribution is 5.95. The normalized spacial score (nSPS) is 10.2. The minimum atomic E-state index is -0.217. The van der Waals surface area contributed by atoms with E-state index in [4.69, 9.17) is 9.47 Å². The average Bonchev–Trinajstić information content (AvgIpc) is 2.78. The van der Waals surface area contributed by atoms with Gasteiger partial charge in [-0.1, -0.05) is 6.07 Å². The maximum absolute atomic E-state index is 12.3. The zero-order valence-electron chi connectivity index (χ0n) is 17.1. The van der Waals surface area contributed by atoms with E-state index in [0.717, 1.165) is 5.56 Å². The zero-order valence-corrected chi connectivity index (χ0v) is 17.1. The van der Waals surface area contributed by atoms with Gasteiger partial charge in [-0.05, 0) is 42.8 Å². The first-order valence-electron chi connectivity index (χ1n) is 9.36. The van der Waals surface area contributed by atoms with Gasteiger partial charge in [-0.3, -0.25) is 4.79 Å². The van der Waals surface area contributed by atoms with Crippen LogP contribution in [0.15, 0.2) is 48.7 Å². The number of nitrogens with one attached hydrogen (secondary N) is 3. The number of ether oxygens (including phenoxy) is 2. The molecule has 1 amide bonds. The molecule has 0 saturated heterocycles. The van der Waals surface area contributed by atoms with Crippen molar-refractivity contribution in [2.24, 2.45) is 0 Å². The number of hydrogen-bond donors (Lipinski definition) is 3. The number of hydrogen-bond acceptors (Lipinski definition) is 8. The fraction of sp³-hybridized carbons (Fsp3) is 0.238. The number of nitrogens with zero attached hydrogens (tertiary/aromatic N) is 3. The Labute approximate surface area is 174 Å². The maximum atomic E-state index is 12.3. The van der Waals surface area contributed by atoms with E-state index < -0.39 is 0 Å². The fourth-order valence-electron chi connectivity index (χ4n) is 2.57. The van der Waals surface area contributed by atoms with Gasteiger partial charge in [0.2, 0.25) is 0 Å². The molecule has 3 N–H and O–H groups in total. The van der Waals surface area contributed by atoms with Crippen molar-refractivity contribution in [2.45, 2.75) is 6.92 Å². The molecule has 0 atom stereocenters. The van der Waals surface area contributed by atoms with Crippen LogP contribution in [0.25, 0.3) is 0 Å².